The number of rotatable bonds is 5. The van der Waals surface area contributed by atoms with Crippen LogP contribution in [0.5, 0.6) is 5.75 Å². The van der Waals surface area contributed by atoms with E-state index in [0.29, 0.717) is 19.4 Å². The van der Waals surface area contributed by atoms with Gasteiger partial charge in [0.25, 0.3) is 0 Å². The average Bonchev–Trinajstić information content (AvgIpc) is 2.47. The minimum atomic E-state index is -0.745. The number of carbonyl (C=O) groups is 1. The van der Waals surface area contributed by atoms with Crippen LogP contribution in [0.15, 0.2) is 24.3 Å². The van der Waals surface area contributed by atoms with Crippen LogP contribution in [0, 0.1) is 0 Å². The van der Waals surface area contributed by atoms with Crippen LogP contribution in [0.2, 0.25) is 0 Å². The third-order valence-corrected chi connectivity index (χ3v) is 3.84. The normalized spacial score (nSPS) is 26.0. The summed E-state index contributed by atoms with van der Waals surface area (Å²) in [6.07, 6.45) is 2.11. The van der Waals surface area contributed by atoms with E-state index in [2.05, 4.69) is 5.32 Å². The number of anilines is 1. The zero-order valence-electron chi connectivity index (χ0n) is 12.0. The predicted octanol–water partition coefficient (Wildman–Crippen LogP) is 1.92. The summed E-state index contributed by atoms with van der Waals surface area (Å²) in [7, 11) is 1.62. The van der Waals surface area contributed by atoms with E-state index in [4.69, 9.17) is 15.2 Å². The first-order valence-corrected chi connectivity index (χ1v) is 6.93. The van der Waals surface area contributed by atoms with Crippen LogP contribution >= 0.6 is 0 Å². The SMILES string of the molecule is CCC1CC(Nc2cccc(OC)c2)(C(N)=O)CCO1. The molecule has 0 aliphatic carbocycles. The molecule has 1 aliphatic rings. The van der Waals surface area contributed by atoms with Crippen molar-refractivity contribution in [3.05, 3.63) is 24.3 Å². The second kappa shape index (κ2) is 6.13. The highest BCUT2D eigenvalue weighted by Gasteiger charge is 2.41. The molecule has 3 N–H and O–H groups in total. The molecule has 2 unspecified atom stereocenters. The van der Waals surface area contributed by atoms with Gasteiger partial charge in [-0.1, -0.05) is 13.0 Å². The molecule has 0 saturated carbocycles. The number of benzene rings is 1. The molecule has 5 heteroatoms. The van der Waals surface area contributed by atoms with Crippen LogP contribution < -0.4 is 15.8 Å². The van der Waals surface area contributed by atoms with Crippen LogP contribution in [-0.4, -0.2) is 31.3 Å². The molecule has 0 radical (unpaired) electrons. The number of carbonyl (C=O) groups excluding carboxylic acids is 1. The number of amides is 1. The molecule has 1 fully saturated rings. The lowest BCUT2D eigenvalue weighted by Crippen LogP contribution is -2.55. The molecule has 1 aromatic carbocycles. The van der Waals surface area contributed by atoms with Crippen molar-refractivity contribution in [3.63, 3.8) is 0 Å². The number of hydrogen-bond acceptors (Lipinski definition) is 4. The maximum atomic E-state index is 12.0. The van der Waals surface area contributed by atoms with Crippen LogP contribution in [0.3, 0.4) is 0 Å². The van der Waals surface area contributed by atoms with Gasteiger partial charge in [0, 0.05) is 31.2 Å². The Morgan fingerprint density at radius 3 is 3.05 bits per heavy atom. The van der Waals surface area contributed by atoms with Crippen molar-refractivity contribution in [2.45, 2.75) is 37.8 Å². The summed E-state index contributed by atoms with van der Waals surface area (Å²) >= 11 is 0. The largest absolute Gasteiger partial charge is 0.497 e. The van der Waals surface area contributed by atoms with E-state index in [1.165, 1.54) is 0 Å². The number of ether oxygens (including phenoxy) is 2. The molecule has 0 aromatic heterocycles. The average molecular weight is 278 g/mol. The van der Waals surface area contributed by atoms with Gasteiger partial charge in [0.2, 0.25) is 5.91 Å². The Labute approximate surface area is 119 Å². The first-order chi connectivity index (χ1) is 9.59. The summed E-state index contributed by atoms with van der Waals surface area (Å²) in [6.45, 7) is 2.59. The number of nitrogens with one attached hydrogen (secondary N) is 1. The quantitative estimate of drug-likeness (QED) is 0.863. The summed E-state index contributed by atoms with van der Waals surface area (Å²) in [5.74, 6) is 0.413. The minimum Gasteiger partial charge on any atom is -0.497 e. The second-order valence-electron chi connectivity index (χ2n) is 5.16. The lowest BCUT2D eigenvalue weighted by atomic mass is 9.84. The van der Waals surface area contributed by atoms with Gasteiger partial charge in [-0.3, -0.25) is 4.79 Å². The van der Waals surface area contributed by atoms with Gasteiger partial charge >= 0.3 is 0 Å². The summed E-state index contributed by atoms with van der Waals surface area (Å²) < 4.78 is 10.8. The topological polar surface area (TPSA) is 73.6 Å². The van der Waals surface area contributed by atoms with Crippen molar-refractivity contribution in [3.8, 4) is 5.75 Å². The lowest BCUT2D eigenvalue weighted by Gasteiger charge is -2.39. The Hall–Kier alpha value is -1.75. The Morgan fingerprint density at radius 1 is 1.60 bits per heavy atom. The molecule has 1 amide bonds. The smallest absolute Gasteiger partial charge is 0.243 e. The van der Waals surface area contributed by atoms with Gasteiger partial charge in [0.15, 0.2) is 0 Å². The van der Waals surface area contributed by atoms with Gasteiger partial charge in [-0.15, -0.1) is 0 Å². The minimum absolute atomic E-state index is 0.0642. The molecule has 1 aromatic rings. The highest BCUT2D eigenvalue weighted by atomic mass is 16.5. The lowest BCUT2D eigenvalue weighted by molar-refractivity contribution is -0.127. The first-order valence-electron chi connectivity index (χ1n) is 6.93. The molecule has 0 bridgehead atoms. The van der Waals surface area contributed by atoms with E-state index in [0.717, 1.165) is 17.9 Å². The van der Waals surface area contributed by atoms with Crippen molar-refractivity contribution in [2.75, 3.05) is 19.0 Å². The monoisotopic (exact) mass is 278 g/mol. The fourth-order valence-electron chi connectivity index (χ4n) is 2.59. The zero-order valence-corrected chi connectivity index (χ0v) is 12.0. The van der Waals surface area contributed by atoms with Gasteiger partial charge in [0.1, 0.15) is 11.3 Å². The Morgan fingerprint density at radius 2 is 2.40 bits per heavy atom. The highest BCUT2D eigenvalue weighted by molar-refractivity contribution is 5.88. The number of methoxy groups -OCH3 is 1. The van der Waals surface area contributed by atoms with E-state index >= 15 is 0 Å². The standard InChI is InChI=1S/C15H22N2O3/c1-3-12-10-15(14(16)18,7-8-20-12)17-11-5-4-6-13(9-11)19-2/h4-6,9,12,17H,3,7-8,10H2,1-2H3,(H2,16,18). The number of primary amides is 1. The van der Waals surface area contributed by atoms with Crippen molar-refractivity contribution in [1.29, 1.82) is 0 Å². The van der Waals surface area contributed by atoms with Gasteiger partial charge in [-0.05, 0) is 18.6 Å². The third-order valence-electron chi connectivity index (χ3n) is 3.84. The Balaban J connectivity index is 2.22. The van der Waals surface area contributed by atoms with Crippen molar-refractivity contribution >= 4 is 11.6 Å². The molecule has 0 spiro atoms. The molecule has 2 atom stereocenters. The van der Waals surface area contributed by atoms with Gasteiger partial charge in [0.05, 0.1) is 13.2 Å². The maximum Gasteiger partial charge on any atom is 0.243 e. The maximum absolute atomic E-state index is 12.0. The van der Waals surface area contributed by atoms with E-state index in [-0.39, 0.29) is 12.0 Å². The molecule has 110 valence electrons. The van der Waals surface area contributed by atoms with Crippen LogP contribution in [0.4, 0.5) is 5.69 Å². The fourth-order valence-corrected chi connectivity index (χ4v) is 2.59. The van der Waals surface area contributed by atoms with E-state index in [1.54, 1.807) is 7.11 Å². The summed E-state index contributed by atoms with van der Waals surface area (Å²) in [4.78, 5) is 12.0. The summed E-state index contributed by atoms with van der Waals surface area (Å²) in [5, 5.41) is 3.30. The first kappa shape index (κ1) is 14.7. The highest BCUT2D eigenvalue weighted by Crippen LogP contribution is 2.31. The predicted molar refractivity (Wildman–Crippen MR) is 77.8 cm³/mol. The molecule has 1 saturated heterocycles. The van der Waals surface area contributed by atoms with Crippen molar-refractivity contribution in [2.24, 2.45) is 5.73 Å². The number of nitrogens with two attached hydrogens (primary N) is 1. The molecule has 1 aliphatic heterocycles. The van der Waals surface area contributed by atoms with Crippen LogP contribution in [0.25, 0.3) is 0 Å². The summed E-state index contributed by atoms with van der Waals surface area (Å²) in [6, 6.07) is 7.51. The van der Waals surface area contributed by atoms with Crippen LogP contribution in [0.1, 0.15) is 26.2 Å². The van der Waals surface area contributed by atoms with Crippen molar-refractivity contribution < 1.29 is 14.3 Å². The van der Waals surface area contributed by atoms with E-state index in [1.807, 2.05) is 31.2 Å². The molecular formula is C15H22N2O3. The van der Waals surface area contributed by atoms with Crippen molar-refractivity contribution in [1.82, 2.24) is 0 Å². The fraction of sp³-hybridized carbons (Fsp3) is 0.533. The third kappa shape index (κ3) is 3.04. The zero-order chi connectivity index (χ0) is 14.6. The molecule has 5 nitrogen and oxygen atoms in total. The second-order valence-corrected chi connectivity index (χ2v) is 5.16. The molecular weight excluding hydrogens is 256 g/mol. The molecule has 2 rings (SSSR count). The summed E-state index contributed by atoms with van der Waals surface area (Å²) in [5.41, 5.74) is 5.74. The molecule has 1 heterocycles. The van der Waals surface area contributed by atoms with E-state index in [9.17, 15) is 4.79 Å². The molecule has 20 heavy (non-hydrogen) atoms. The van der Waals surface area contributed by atoms with Crippen LogP contribution in [-0.2, 0) is 9.53 Å². The Bertz CT molecular complexity index is 478. The van der Waals surface area contributed by atoms with Gasteiger partial charge < -0.3 is 20.5 Å². The van der Waals surface area contributed by atoms with Gasteiger partial charge in [-0.25, -0.2) is 0 Å². The van der Waals surface area contributed by atoms with Gasteiger partial charge in [-0.2, -0.15) is 0 Å². The number of hydrogen-bond donors (Lipinski definition) is 2. The van der Waals surface area contributed by atoms with E-state index < -0.39 is 5.54 Å². The Kier molecular flexibility index (Phi) is 4.49.